The lowest BCUT2D eigenvalue weighted by Crippen LogP contribution is -2.78. The molecule has 0 saturated carbocycles. The van der Waals surface area contributed by atoms with E-state index in [0.29, 0.717) is 12.1 Å². The highest BCUT2D eigenvalue weighted by atomic mass is 15.7. The lowest BCUT2D eigenvalue weighted by Gasteiger charge is -2.61. The Morgan fingerprint density at radius 1 is 0.714 bits per heavy atom. The summed E-state index contributed by atoms with van der Waals surface area (Å²) < 4.78 is 0. The highest BCUT2D eigenvalue weighted by Crippen LogP contribution is 2.30. The third-order valence-electron chi connectivity index (χ3n) is 4.66. The maximum absolute atomic E-state index is 2.63. The molecule has 0 spiro atoms. The van der Waals surface area contributed by atoms with E-state index >= 15 is 0 Å². The summed E-state index contributed by atoms with van der Waals surface area (Å²) >= 11 is 0. The molecular weight excluding hydrogens is 262 g/mol. The van der Waals surface area contributed by atoms with Gasteiger partial charge in [-0.05, 0) is 62.9 Å². The molecule has 5 heteroatoms. The van der Waals surface area contributed by atoms with Crippen LogP contribution in [0.15, 0.2) is 0 Å². The lowest BCUT2D eigenvalue weighted by molar-refractivity contribution is -0.258. The second-order valence-corrected chi connectivity index (χ2v) is 7.27. The average Bonchev–Trinajstić information content (AvgIpc) is 2.31. The molecule has 126 valence electrons. The topological polar surface area (TPSA) is 16.2 Å². The Morgan fingerprint density at radius 2 is 1.05 bits per heavy atom. The van der Waals surface area contributed by atoms with Crippen LogP contribution in [0.4, 0.5) is 0 Å². The van der Waals surface area contributed by atoms with E-state index in [9.17, 15) is 0 Å². The van der Waals surface area contributed by atoms with E-state index in [1.807, 2.05) is 0 Å². The van der Waals surface area contributed by atoms with Gasteiger partial charge in [-0.25, -0.2) is 0 Å². The Labute approximate surface area is 132 Å². The summed E-state index contributed by atoms with van der Waals surface area (Å²) in [5.74, 6) is -0.177. The minimum absolute atomic E-state index is 0.177. The lowest BCUT2D eigenvalue weighted by atomic mass is 10.1. The van der Waals surface area contributed by atoms with Crippen molar-refractivity contribution in [1.29, 1.82) is 0 Å². The summed E-state index contributed by atoms with van der Waals surface area (Å²) in [5.41, 5.74) is 0. The van der Waals surface area contributed by atoms with Crippen LogP contribution in [0.2, 0.25) is 0 Å². The third kappa shape index (κ3) is 3.59. The van der Waals surface area contributed by atoms with E-state index in [1.54, 1.807) is 0 Å². The average molecular weight is 300 g/mol. The van der Waals surface area contributed by atoms with Crippen molar-refractivity contribution in [2.24, 2.45) is 0 Å². The van der Waals surface area contributed by atoms with Gasteiger partial charge in [0.15, 0.2) is 5.91 Å². The van der Waals surface area contributed by atoms with Crippen molar-refractivity contribution in [2.45, 2.75) is 45.7 Å². The molecule has 5 nitrogen and oxygen atoms in total. The van der Waals surface area contributed by atoms with Crippen molar-refractivity contribution in [2.75, 3.05) is 61.4 Å². The predicted molar refractivity (Wildman–Crippen MR) is 91.3 cm³/mol. The molecule has 0 aromatic carbocycles. The molecule has 21 heavy (non-hydrogen) atoms. The molecule has 0 aliphatic carbocycles. The van der Waals surface area contributed by atoms with Gasteiger partial charge in [-0.1, -0.05) is 0 Å². The van der Waals surface area contributed by atoms with Gasteiger partial charge in [0, 0.05) is 38.3 Å². The van der Waals surface area contributed by atoms with Crippen molar-refractivity contribution in [3.8, 4) is 0 Å². The van der Waals surface area contributed by atoms with Gasteiger partial charge >= 0.3 is 0 Å². The van der Waals surface area contributed by atoms with E-state index in [-0.39, 0.29) is 5.91 Å². The van der Waals surface area contributed by atoms with Crippen LogP contribution in [0, 0.1) is 0 Å². The molecule has 1 saturated heterocycles. The zero-order chi connectivity index (χ0) is 16.4. The van der Waals surface area contributed by atoms with Gasteiger partial charge in [-0.3, -0.25) is 19.6 Å². The largest absolute Gasteiger partial charge is 0.304 e. The van der Waals surface area contributed by atoms with Gasteiger partial charge in [0.2, 0.25) is 0 Å². The predicted octanol–water partition coefficient (Wildman–Crippen LogP) is 1.09. The van der Waals surface area contributed by atoms with Gasteiger partial charge in [0.25, 0.3) is 0 Å². The van der Waals surface area contributed by atoms with Crippen LogP contribution in [0.3, 0.4) is 0 Å². The Balaban J connectivity index is 3.38. The number of nitrogens with zero attached hydrogens (tertiary/aromatic N) is 5. The third-order valence-corrected chi connectivity index (χ3v) is 4.66. The van der Waals surface area contributed by atoms with E-state index in [4.69, 9.17) is 0 Å². The summed E-state index contributed by atoms with van der Waals surface area (Å²) in [6, 6.07) is 0.977. The van der Waals surface area contributed by atoms with Crippen molar-refractivity contribution >= 4 is 0 Å². The van der Waals surface area contributed by atoms with Crippen LogP contribution in [0.25, 0.3) is 0 Å². The molecule has 0 unspecified atom stereocenters. The fourth-order valence-electron chi connectivity index (χ4n) is 3.77. The van der Waals surface area contributed by atoms with Gasteiger partial charge in [0.05, 0.1) is 0 Å². The number of likely N-dealkylation sites (N-methyl/N-ethyl adjacent to an activating group) is 1. The zero-order valence-electron chi connectivity index (χ0n) is 15.7. The normalized spacial score (nSPS) is 23.3. The summed E-state index contributed by atoms with van der Waals surface area (Å²) in [6.45, 7) is 13.6. The van der Waals surface area contributed by atoms with Crippen LogP contribution >= 0.6 is 0 Å². The maximum Gasteiger partial charge on any atom is 0.191 e. The van der Waals surface area contributed by atoms with E-state index < -0.39 is 0 Å². The van der Waals surface area contributed by atoms with Crippen LogP contribution in [0.1, 0.15) is 27.7 Å². The second kappa shape index (κ2) is 7.38. The first-order chi connectivity index (χ1) is 9.65. The number of hydrogen-bond acceptors (Lipinski definition) is 5. The molecule has 0 N–H and O–H groups in total. The van der Waals surface area contributed by atoms with Crippen molar-refractivity contribution in [3.05, 3.63) is 0 Å². The first-order valence-electron chi connectivity index (χ1n) is 8.22. The van der Waals surface area contributed by atoms with Crippen LogP contribution in [0.5, 0.6) is 0 Å². The van der Waals surface area contributed by atoms with E-state index in [1.165, 1.54) is 0 Å². The highest BCUT2D eigenvalue weighted by Gasteiger charge is 2.49. The van der Waals surface area contributed by atoms with Crippen LogP contribution < -0.4 is 0 Å². The fraction of sp³-hybridized carbons (Fsp3) is 1.00. The van der Waals surface area contributed by atoms with E-state index in [0.717, 1.165) is 26.2 Å². The standard InChI is InChI=1S/C16H37N5/c1-14(2)20-12-10-19(9)11-13-21(15(3)4)16(20,17(5)6)18(7)8/h14-15H,10-13H2,1-9H3. The van der Waals surface area contributed by atoms with Crippen molar-refractivity contribution in [1.82, 2.24) is 24.5 Å². The molecule has 1 fully saturated rings. The van der Waals surface area contributed by atoms with Crippen molar-refractivity contribution < 1.29 is 0 Å². The first kappa shape index (κ1) is 18.8. The molecule has 1 rings (SSSR count). The highest BCUT2D eigenvalue weighted by molar-refractivity contribution is 4.92. The van der Waals surface area contributed by atoms with Gasteiger partial charge in [0.1, 0.15) is 0 Å². The molecule has 0 bridgehead atoms. The molecule has 1 heterocycles. The summed E-state index contributed by atoms with van der Waals surface area (Å²) in [6.07, 6.45) is 0. The monoisotopic (exact) mass is 299 g/mol. The quantitative estimate of drug-likeness (QED) is 0.720. The molecule has 0 aromatic heterocycles. The summed E-state index contributed by atoms with van der Waals surface area (Å²) in [5, 5.41) is 0. The molecular formula is C16H37N5. The smallest absolute Gasteiger partial charge is 0.191 e. The van der Waals surface area contributed by atoms with Gasteiger partial charge < -0.3 is 4.90 Å². The zero-order valence-corrected chi connectivity index (χ0v) is 15.7. The van der Waals surface area contributed by atoms with Crippen LogP contribution in [-0.4, -0.2) is 104 Å². The Bertz CT molecular complexity index is 284. The number of rotatable bonds is 4. The Hall–Kier alpha value is -0.200. The Morgan fingerprint density at radius 3 is 1.29 bits per heavy atom. The molecule has 0 radical (unpaired) electrons. The molecule has 1 aliphatic rings. The first-order valence-corrected chi connectivity index (χ1v) is 8.22. The van der Waals surface area contributed by atoms with Gasteiger partial charge in [-0.15, -0.1) is 0 Å². The second-order valence-electron chi connectivity index (χ2n) is 7.27. The van der Waals surface area contributed by atoms with E-state index in [2.05, 4.69) is 87.4 Å². The molecule has 1 aliphatic heterocycles. The summed E-state index contributed by atoms with van der Waals surface area (Å²) in [7, 11) is 11.0. The minimum Gasteiger partial charge on any atom is -0.304 e. The Kier molecular flexibility index (Phi) is 6.62. The fourth-order valence-corrected chi connectivity index (χ4v) is 3.77. The van der Waals surface area contributed by atoms with Crippen LogP contribution in [-0.2, 0) is 0 Å². The van der Waals surface area contributed by atoms with Crippen molar-refractivity contribution in [3.63, 3.8) is 0 Å². The SMILES string of the molecule is CC(C)N1CCN(C)CCN(C(C)C)C1(N(C)C)N(C)C. The maximum atomic E-state index is 2.63. The van der Waals surface area contributed by atoms with Gasteiger partial charge in [-0.2, -0.15) is 0 Å². The molecule has 0 amide bonds. The number of hydrogen-bond donors (Lipinski definition) is 0. The molecule has 0 aromatic rings. The molecule has 0 atom stereocenters. The minimum atomic E-state index is -0.177. The summed E-state index contributed by atoms with van der Waals surface area (Å²) in [4.78, 5) is 12.4.